The van der Waals surface area contributed by atoms with Crippen molar-refractivity contribution in [2.45, 2.75) is 25.7 Å². The van der Waals surface area contributed by atoms with Gasteiger partial charge in [0.15, 0.2) is 0 Å². The Morgan fingerprint density at radius 1 is 1.25 bits per heavy atom. The Morgan fingerprint density at radius 3 is 2.92 bits per heavy atom. The van der Waals surface area contributed by atoms with Gasteiger partial charge in [0.2, 0.25) is 0 Å². The van der Waals surface area contributed by atoms with Gasteiger partial charge in [-0.2, -0.15) is 5.26 Å². The van der Waals surface area contributed by atoms with E-state index in [1.165, 1.54) is 24.0 Å². The minimum Gasteiger partial charge on any atom is -0.193 e. The molecule has 0 saturated carbocycles. The fourth-order valence-electron chi connectivity index (χ4n) is 1.82. The monoisotopic (exact) mass is 157 g/mol. The topological polar surface area (TPSA) is 23.8 Å². The Balaban J connectivity index is 2.38. The lowest BCUT2D eigenvalue weighted by atomic mass is 10.1. The molecule has 0 aromatic carbocycles. The van der Waals surface area contributed by atoms with E-state index in [-0.39, 0.29) is 0 Å². The molecule has 0 unspecified atom stereocenters. The molecular weight excluding hydrogens is 146 g/mol. The van der Waals surface area contributed by atoms with E-state index >= 15 is 0 Å². The van der Waals surface area contributed by atoms with Gasteiger partial charge in [-0.3, -0.25) is 0 Å². The van der Waals surface area contributed by atoms with Gasteiger partial charge in [-0.1, -0.05) is 12.2 Å². The van der Waals surface area contributed by atoms with Gasteiger partial charge in [0.05, 0.1) is 6.07 Å². The maximum Gasteiger partial charge on any atom is 0.0950 e. The van der Waals surface area contributed by atoms with E-state index in [1.54, 1.807) is 0 Å². The van der Waals surface area contributed by atoms with Crippen molar-refractivity contribution >= 4 is 0 Å². The van der Waals surface area contributed by atoms with E-state index in [2.05, 4.69) is 24.3 Å². The number of rotatable bonds is 0. The Bertz CT molecular complexity index is 323. The molecule has 0 spiro atoms. The molecule has 0 aromatic rings. The predicted molar refractivity (Wildman–Crippen MR) is 48.3 cm³/mol. The van der Waals surface area contributed by atoms with E-state index < -0.39 is 0 Å². The third kappa shape index (κ3) is 1.21. The molecule has 0 saturated heterocycles. The maximum absolute atomic E-state index is 8.76. The molecule has 2 rings (SSSR count). The van der Waals surface area contributed by atoms with Crippen LogP contribution in [0.2, 0.25) is 0 Å². The van der Waals surface area contributed by atoms with Gasteiger partial charge in [-0.05, 0) is 36.5 Å². The first-order chi connectivity index (χ1) is 5.90. The van der Waals surface area contributed by atoms with Crippen LogP contribution in [0.3, 0.4) is 0 Å². The molecule has 1 heteroatoms. The van der Waals surface area contributed by atoms with Gasteiger partial charge in [-0.15, -0.1) is 0 Å². The Hall–Kier alpha value is -1.29. The van der Waals surface area contributed by atoms with Crippen molar-refractivity contribution in [3.63, 3.8) is 0 Å². The van der Waals surface area contributed by atoms with Gasteiger partial charge in [0.1, 0.15) is 0 Å². The Kier molecular flexibility index (Phi) is 1.83. The highest BCUT2D eigenvalue weighted by Crippen LogP contribution is 2.30. The highest BCUT2D eigenvalue weighted by Gasteiger charge is 2.12. The van der Waals surface area contributed by atoms with E-state index in [4.69, 9.17) is 5.26 Å². The lowest BCUT2D eigenvalue weighted by molar-refractivity contribution is 0.904. The zero-order chi connectivity index (χ0) is 8.39. The third-order valence-corrected chi connectivity index (χ3v) is 2.45. The SMILES string of the molecule is N#CC1=CC2=C(C=CC1)CCC2. The van der Waals surface area contributed by atoms with Crippen LogP contribution in [0.5, 0.6) is 0 Å². The Labute approximate surface area is 72.7 Å². The molecule has 12 heavy (non-hydrogen) atoms. The molecule has 0 amide bonds. The molecule has 0 fully saturated rings. The second kappa shape index (κ2) is 2.98. The first-order valence-electron chi connectivity index (χ1n) is 4.39. The fraction of sp³-hybridized carbons (Fsp3) is 0.364. The number of nitrogens with zero attached hydrogens (tertiary/aromatic N) is 1. The molecule has 1 nitrogen and oxygen atoms in total. The first-order valence-corrected chi connectivity index (χ1v) is 4.39. The molecule has 0 heterocycles. The largest absolute Gasteiger partial charge is 0.193 e. The van der Waals surface area contributed by atoms with Crippen molar-refractivity contribution < 1.29 is 0 Å². The van der Waals surface area contributed by atoms with Crippen molar-refractivity contribution in [1.82, 2.24) is 0 Å². The van der Waals surface area contributed by atoms with Gasteiger partial charge in [0.25, 0.3) is 0 Å². The lowest BCUT2D eigenvalue weighted by Crippen LogP contribution is -1.77. The molecule has 60 valence electrons. The third-order valence-electron chi connectivity index (χ3n) is 2.45. The molecule has 0 N–H and O–H groups in total. The van der Waals surface area contributed by atoms with Gasteiger partial charge in [-0.25, -0.2) is 0 Å². The van der Waals surface area contributed by atoms with Crippen LogP contribution in [0, 0.1) is 11.3 Å². The van der Waals surface area contributed by atoms with Crippen LogP contribution in [0.4, 0.5) is 0 Å². The van der Waals surface area contributed by atoms with Crippen molar-refractivity contribution in [2.75, 3.05) is 0 Å². The van der Waals surface area contributed by atoms with Crippen LogP contribution >= 0.6 is 0 Å². The fourth-order valence-corrected chi connectivity index (χ4v) is 1.82. The van der Waals surface area contributed by atoms with Crippen molar-refractivity contribution in [3.05, 3.63) is 34.9 Å². The molecule has 0 atom stereocenters. The molecule has 0 aromatic heterocycles. The van der Waals surface area contributed by atoms with Crippen molar-refractivity contribution in [1.29, 1.82) is 5.26 Å². The summed E-state index contributed by atoms with van der Waals surface area (Å²) in [4.78, 5) is 0. The van der Waals surface area contributed by atoms with Crippen molar-refractivity contribution in [2.24, 2.45) is 0 Å². The molecule has 2 aliphatic carbocycles. The van der Waals surface area contributed by atoms with Gasteiger partial charge in [0, 0.05) is 12.0 Å². The summed E-state index contributed by atoms with van der Waals surface area (Å²) in [6, 6.07) is 2.23. The number of hydrogen-bond acceptors (Lipinski definition) is 1. The van der Waals surface area contributed by atoms with Crippen LogP contribution in [0.1, 0.15) is 25.7 Å². The summed E-state index contributed by atoms with van der Waals surface area (Å²) in [5.74, 6) is 0. The summed E-state index contributed by atoms with van der Waals surface area (Å²) >= 11 is 0. The molecule has 0 radical (unpaired) electrons. The van der Waals surface area contributed by atoms with E-state index in [0.29, 0.717) is 0 Å². The van der Waals surface area contributed by atoms with E-state index in [0.717, 1.165) is 18.4 Å². The van der Waals surface area contributed by atoms with Crippen LogP contribution in [0.25, 0.3) is 0 Å². The summed E-state index contributed by atoms with van der Waals surface area (Å²) in [5.41, 5.74) is 3.73. The number of allylic oxidation sites excluding steroid dienone is 6. The molecular formula is C11H11N. The van der Waals surface area contributed by atoms with Crippen LogP contribution < -0.4 is 0 Å². The average Bonchev–Trinajstić information content (AvgIpc) is 2.43. The summed E-state index contributed by atoms with van der Waals surface area (Å²) < 4.78 is 0. The minimum atomic E-state index is 0.809. The summed E-state index contributed by atoms with van der Waals surface area (Å²) in [6.07, 6.45) is 10.8. The second-order valence-corrected chi connectivity index (χ2v) is 3.29. The highest BCUT2D eigenvalue weighted by molar-refractivity contribution is 5.44. The molecule has 0 aliphatic heterocycles. The normalized spacial score (nSPS) is 21.4. The number of hydrogen-bond donors (Lipinski definition) is 0. The zero-order valence-electron chi connectivity index (χ0n) is 7.01. The smallest absolute Gasteiger partial charge is 0.0950 e. The van der Waals surface area contributed by atoms with E-state index in [9.17, 15) is 0 Å². The van der Waals surface area contributed by atoms with Gasteiger partial charge < -0.3 is 0 Å². The molecule has 2 aliphatic rings. The molecule has 0 bridgehead atoms. The number of nitriles is 1. The van der Waals surface area contributed by atoms with Gasteiger partial charge >= 0.3 is 0 Å². The summed E-state index contributed by atoms with van der Waals surface area (Å²) in [7, 11) is 0. The summed E-state index contributed by atoms with van der Waals surface area (Å²) in [5, 5.41) is 8.76. The van der Waals surface area contributed by atoms with Crippen LogP contribution in [0.15, 0.2) is 34.9 Å². The first kappa shape index (κ1) is 7.36. The van der Waals surface area contributed by atoms with Crippen molar-refractivity contribution in [3.8, 4) is 6.07 Å². The lowest BCUT2D eigenvalue weighted by Gasteiger charge is -1.93. The Morgan fingerprint density at radius 2 is 2.08 bits per heavy atom. The highest BCUT2D eigenvalue weighted by atomic mass is 14.3. The quantitative estimate of drug-likeness (QED) is 0.530. The van der Waals surface area contributed by atoms with Crippen LogP contribution in [-0.2, 0) is 0 Å². The average molecular weight is 157 g/mol. The van der Waals surface area contributed by atoms with Crippen LogP contribution in [-0.4, -0.2) is 0 Å². The van der Waals surface area contributed by atoms with E-state index in [1.807, 2.05) is 0 Å². The standard InChI is InChI=1S/C11H11N/c12-8-9-3-1-4-10-5-2-6-11(10)7-9/h1,4,7H,2-3,5-6H2. The zero-order valence-corrected chi connectivity index (χ0v) is 7.01. The predicted octanol–water partition coefficient (Wildman–Crippen LogP) is 2.88. The summed E-state index contributed by atoms with van der Waals surface area (Å²) in [6.45, 7) is 0. The second-order valence-electron chi connectivity index (χ2n) is 3.29. The maximum atomic E-state index is 8.76. The minimum absolute atomic E-state index is 0.809.